The highest BCUT2D eigenvalue weighted by Crippen LogP contribution is 2.41. The zero-order valence-electron chi connectivity index (χ0n) is 16.6. The number of aliphatic hydroxyl groups excluding tert-OH is 1. The highest BCUT2D eigenvalue weighted by atomic mass is 32.1. The summed E-state index contributed by atoms with van der Waals surface area (Å²) in [6, 6.07) is 6.58. The topological polar surface area (TPSA) is 53.4 Å². The van der Waals surface area contributed by atoms with Gasteiger partial charge in [0.1, 0.15) is 0 Å². The number of carbonyl (C=O) groups is 1. The average Bonchev–Trinajstić information content (AvgIpc) is 3.22. The molecular formula is C23H30N2O2S. The van der Waals surface area contributed by atoms with E-state index in [-0.39, 0.29) is 18.1 Å². The minimum absolute atomic E-state index is 0.245. The molecule has 1 N–H and O–H groups in total. The molecule has 2 aliphatic rings. The molecule has 1 fully saturated rings. The molecule has 1 aromatic heterocycles. The van der Waals surface area contributed by atoms with Crippen molar-refractivity contribution in [2.75, 3.05) is 4.90 Å². The molecule has 150 valence electrons. The van der Waals surface area contributed by atoms with E-state index in [1.165, 1.54) is 10.6 Å². The molecule has 4 rings (SSSR count). The van der Waals surface area contributed by atoms with Gasteiger partial charge in [-0.3, -0.25) is 4.79 Å². The number of aryl methyl sites for hydroxylation is 1. The van der Waals surface area contributed by atoms with Gasteiger partial charge in [-0.1, -0.05) is 13.0 Å². The third kappa shape index (κ3) is 4.01. The minimum atomic E-state index is -0.363. The number of carbonyl (C=O) groups excluding carboxylic acids is 1. The third-order valence-electron chi connectivity index (χ3n) is 6.40. The highest BCUT2D eigenvalue weighted by molar-refractivity contribution is 7.09. The molecule has 1 aliphatic carbocycles. The number of fused-ring (bicyclic) bond motifs is 1. The molecule has 0 spiro atoms. The van der Waals surface area contributed by atoms with Gasteiger partial charge in [0.2, 0.25) is 5.91 Å². The van der Waals surface area contributed by atoms with Gasteiger partial charge in [-0.2, -0.15) is 0 Å². The summed E-state index contributed by atoms with van der Waals surface area (Å²) in [5, 5.41) is 13.6. The van der Waals surface area contributed by atoms with E-state index >= 15 is 0 Å². The monoisotopic (exact) mass is 398 g/mol. The SMILES string of the molecule is CCC1CCC(O)c2ccc(N3C(=O)CCCC3CCCc3nccs3)cc21. The maximum atomic E-state index is 12.8. The van der Waals surface area contributed by atoms with Crippen LogP contribution < -0.4 is 4.90 Å². The lowest BCUT2D eigenvalue weighted by molar-refractivity contribution is -0.120. The van der Waals surface area contributed by atoms with Gasteiger partial charge in [0, 0.05) is 29.7 Å². The molecule has 2 aromatic rings. The Kier molecular flexibility index (Phi) is 6.12. The second kappa shape index (κ2) is 8.75. The number of aliphatic hydroxyl groups is 1. The molecule has 2 heterocycles. The quantitative estimate of drug-likeness (QED) is 0.711. The Balaban J connectivity index is 1.55. The van der Waals surface area contributed by atoms with Gasteiger partial charge in [-0.25, -0.2) is 4.98 Å². The van der Waals surface area contributed by atoms with Crippen molar-refractivity contribution in [3.05, 3.63) is 45.9 Å². The lowest BCUT2D eigenvalue weighted by Crippen LogP contribution is -2.44. The van der Waals surface area contributed by atoms with Gasteiger partial charge in [-0.05, 0) is 80.5 Å². The molecule has 1 aliphatic heterocycles. The summed E-state index contributed by atoms with van der Waals surface area (Å²) in [6.07, 6.45) is 10.2. The van der Waals surface area contributed by atoms with Crippen molar-refractivity contribution in [2.45, 2.75) is 82.8 Å². The zero-order chi connectivity index (χ0) is 19.5. The van der Waals surface area contributed by atoms with Crippen molar-refractivity contribution in [1.29, 1.82) is 0 Å². The van der Waals surface area contributed by atoms with E-state index in [0.717, 1.165) is 62.6 Å². The van der Waals surface area contributed by atoms with Crippen molar-refractivity contribution < 1.29 is 9.90 Å². The van der Waals surface area contributed by atoms with E-state index in [1.807, 2.05) is 11.6 Å². The van der Waals surface area contributed by atoms with Gasteiger partial charge in [0.25, 0.3) is 0 Å². The molecule has 28 heavy (non-hydrogen) atoms. The lowest BCUT2D eigenvalue weighted by atomic mass is 9.79. The number of piperidine rings is 1. The Morgan fingerprint density at radius 2 is 2.14 bits per heavy atom. The van der Waals surface area contributed by atoms with Crippen molar-refractivity contribution in [1.82, 2.24) is 4.98 Å². The van der Waals surface area contributed by atoms with E-state index < -0.39 is 0 Å². The molecule has 1 aromatic carbocycles. The number of nitrogens with zero attached hydrogens (tertiary/aromatic N) is 2. The first-order valence-corrected chi connectivity index (χ1v) is 11.6. The van der Waals surface area contributed by atoms with Crippen LogP contribution in [0.4, 0.5) is 5.69 Å². The van der Waals surface area contributed by atoms with Crippen molar-refractivity contribution >= 4 is 22.9 Å². The minimum Gasteiger partial charge on any atom is -0.388 e. The molecule has 0 saturated carbocycles. The maximum absolute atomic E-state index is 12.8. The summed E-state index contributed by atoms with van der Waals surface area (Å²) < 4.78 is 0. The van der Waals surface area contributed by atoms with Crippen LogP contribution in [0.2, 0.25) is 0 Å². The Labute approximate surface area is 171 Å². The van der Waals surface area contributed by atoms with Crippen molar-refractivity contribution in [2.24, 2.45) is 0 Å². The summed E-state index contributed by atoms with van der Waals surface area (Å²) >= 11 is 1.71. The zero-order valence-corrected chi connectivity index (χ0v) is 17.5. The van der Waals surface area contributed by atoms with Gasteiger partial charge < -0.3 is 10.0 Å². The van der Waals surface area contributed by atoms with Gasteiger partial charge in [0.05, 0.1) is 11.1 Å². The van der Waals surface area contributed by atoms with E-state index in [0.29, 0.717) is 12.3 Å². The fraction of sp³-hybridized carbons (Fsp3) is 0.565. The summed E-state index contributed by atoms with van der Waals surface area (Å²) in [5.41, 5.74) is 3.33. The number of rotatable bonds is 6. The van der Waals surface area contributed by atoms with Crippen molar-refractivity contribution in [3.8, 4) is 0 Å². The van der Waals surface area contributed by atoms with E-state index in [1.54, 1.807) is 11.3 Å². The number of aromatic nitrogens is 1. The lowest BCUT2D eigenvalue weighted by Gasteiger charge is -2.37. The second-order valence-corrected chi connectivity index (χ2v) is 9.12. The summed E-state index contributed by atoms with van der Waals surface area (Å²) in [7, 11) is 0. The Bertz CT molecular complexity index is 805. The largest absolute Gasteiger partial charge is 0.388 e. The first kappa shape index (κ1) is 19.6. The maximum Gasteiger partial charge on any atom is 0.227 e. The third-order valence-corrected chi connectivity index (χ3v) is 7.24. The summed E-state index contributed by atoms with van der Waals surface area (Å²) in [4.78, 5) is 19.3. The normalized spacial score (nSPS) is 25.0. The molecule has 0 radical (unpaired) electrons. The Morgan fingerprint density at radius 3 is 2.93 bits per heavy atom. The predicted octanol–water partition coefficient (Wildman–Crippen LogP) is 5.37. The molecule has 3 atom stereocenters. The smallest absolute Gasteiger partial charge is 0.227 e. The molecule has 0 bridgehead atoms. The number of thiazole rings is 1. The number of hydrogen-bond donors (Lipinski definition) is 1. The van der Waals surface area contributed by atoms with Gasteiger partial charge in [-0.15, -0.1) is 11.3 Å². The first-order valence-electron chi connectivity index (χ1n) is 10.7. The van der Waals surface area contributed by atoms with Gasteiger partial charge >= 0.3 is 0 Å². The van der Waals surface area contributed by atoms with Crippen LogP contribution in [0, 0.1) is 0 Å². The molecule has 3 unspecified atom stereocenters. The second-order valence-electron chi connectivity index (χ2n) is 8.14. The van der Waals surface area contributed by atoms with Crippen LogP contribution in [-0.2, 0) is 11.2 Å². The van der Waals surface area contributed by atoms with E-state index in [9.17, 15) is 9.90 Å². The first-order chi connectivity index (χ1) is 13.7. The van der Waals surface area contributed by atoms with Crippen LogP contribution in [-0.4, -0.2) is 22.0 Å². The van der Waals surface area contributed by atoms with Gasteiger partial charge in [0.15, 0.2) is 0 Å². The number of anilines is 1. The average molecular weight is 399 g/mol. The molecular weight excluding hydrogens is 368 g/mol. The number of benzene rings is 1. The molecule has 4 nitrogen and oxygen atoms in total. The molecule has 1 amide bonds. The summed E-state index contributed by atoms with van der Waals surface area (Å²) in [5.74, 6) is 0.733. The van der Waals surface area contributed by atoms with E-state index in [4.69, 9.17) is 0 Å². The van der Waals surface area contributed by atoms with Crippen LogP contribution in [0.25, 0.3) is 0 Å². The van der Waals surface area contributed by atoms with Crippen LogP contribution in [0.3, 0.4) is 0 Å². The van der Waals surface area contributed by atoms with Crippen LogP contribution >= 0.6 is 11.3 Å². The molecule has 1 saturated heterocycles. The standard InChI is InChI=1S/C23H30N2O2S/c1-2-16-9-12-21(26)19-11-10-18(15-20(16)19)25-17(6-4-8-23(25)27)5-3-7-22-24-13-14-28-22/h10-11,13-17,21,26H,2-9,12H2,1H3. The number of hydrogen-bond acceptors (Lipinski definition) is 4. The van der Waals surface area contributed by atoms with Crippen LogP contribution in [0.5, 0.6) is 0 Å². The fourth-order valence-corrected chi connectivity index (χ4v) is 5.56. The summed E-state index contributed by atoms with van der Waals surface area (Å²) in [6.45, 7) is 2.21. The molecule has 5 heteroatoms. The Hall–Kier alpha value is -1.72. The fourth-order valence-electron chi connectivity index (χ4n) is 4.90. The highest BCUT2D eigenvalue weighted by Gasteiger charge is 2.31. The predicted molar refractivity (Wildman–Crippen MR) is 114 cm³/mol. The Morgan fingerprint density at radius 1 is 1.25 bits per heavy atom. The van der Waals surface area contributed by atoms with Crippen molar-refractivity contribution in [3.63, 3.8) is 0 Å². The van der Waals surface area contributed by atoms with Crippen LogP contribution in [0.15, 0.2) is 29.8 Å². The number of amides is 1. The van der Waals surface area contributed by atoms with Crippen LogP contribution in [0.1, 0.15) is 86.4 Å². The van der Waals surface area contributed by atoms with E-state index in [2.05, 4.69) is 35.0 Å².